The zero-order chi connectivity index (χ0) is 8.43. The van der Waals surface area contributed by atoms with Crippen LogP contribution >= 0.6 is 0 Å². The molecule has 0 fully saturated rings. The number of hydrogen-bond acceptors (Lipinski definition) is 3. The van der Waals surface area contributed by atoms with Crippen LogP contribution in [-0.4, -0.2) is 11.1 Å². The molecule has 0 radical (unpaired) electrons. The molecule has 0 aliphatic heterocycles. The van der Waals surface area contributed by atoms with Gasteiger partial charge in [0.15, 0.2) is 0 Å². The summed E-state index contributed by atoms with van der Waals surface area (Å²) >= 11 is 0. The Morgan fingerprint density at radius 2 is 2.08 bits per heavy atom. The molecule has 4 heteroatoms. The van der Waals surface area contributed by atoms with E-state index in [1.165, 1.54) is 12.1 Å². The van der Waals surface area contributed by atoms with Gasteiger partial charge in [0, 0.05) is 5.56 Å². The minimum Gasteiger partial charge on any atom is -0.545 e. The number of aromatic hydroxyl groups is 1. The van der Waals surface area contributed by atoms with Crippen LogP contribution < -0.4 is 56.5 Å². The second kappa shape index (κ2) is 4.99. The van der Waals surface area contributed by atoms with Crippen LogP contribution in [0.25, 0.3) is 0 Å². The van der Waals surface area contributed by atoms with Gasteiger partial charge in [-0.3, -0.25) is 0 Å². The van der Waals surface area contributed by atoms with Crippen molar-refractivity contribution in [2.75, 3.05) is 0 Å². The summed E-state index contributed by atoms with van der Waals surface area (Å²) in [5, 5.41) is 19.3. The van der Waals surface area contributed by atoms with Crippen LogP contribution in [0.5, 0.6) is 5.75 Å². The third-order valence-electron chi connectivity index (χ3n) is 1.37. The molecule has 0 aliphatic carbocycles. The van der Waals surface area contributed by atoms with Crippen molar-refractivity contribution < 1.29 is 66.4 Å². The van der Waals surface area contributed by atoms with Gasteiger partial charge in [-0.05, 0) is 24.6 Å². The topological polar surface area (TPSA) is 60.4 Å². The molecular weight excluding hydrogens is 183 g/mol. The monoisotopic (exact) mass is 190 g/mol. The molecule has 1 aromatic carbocycles. The number of aromatic carboxylic acids is 1. The predicted molar refractivity (Wildman–Crippen MR) is 37.2 cm³/mol. The van der Waals surface area contributed by atoms with Crippen molar-refractivity contribution >= 4 is 5.97 Å². The Bertz CT molecular complexity index is 296. The number of carboxylic acid groups (broad SMARTS) is 1. The number of carbonyl (C=O) groups is 1. The van der Waals surface area contributed by atoms with E-state index in [2.05, 4.69) is 0 Å². The molecule has 0 saturated heterocycles. The number of aryl methyl sites for hydroxylation is 1. The van der Waals surface area contributed by atoms with Crippen LogP contribution in [0.2, 0.25) is 0 Å². The molecule has 1 rings (SSSR count). The average Bonchev–Trinajstić information content (AvgIpc) is 1.85. The van der Waals surface area contributed by atoms with E-state index in [9.17, 15) is 9.90 Å². The van der Waals surface area contributed by atoms with Crippen LogP contribution in [0.15, 0.2) is 18.2 Å². The van der Waals surface area contributed by atoms with E-state index in [0.717, 1.165) is 5.56 Å². The maximum atomic E-state index is 10.3. The van der Waals surface area contributed by atoms with Gasteiger partial charge in [0.2, 0.25) is 0 Å². The largest absolute Gasteiger partial charge is 1.00 e. The van der Waals surface area contributed by atoms with Crippen molar-refractivity contribution in [3.8, 4) is 5.75 Å². The van der Waals surface area contributed by atoms with Crippen molar-refractivity contribution in [1.29, 1.82) is 0 Å². The van der Waals surface area contributed by atoms with Crippen LogP contribution in [0.1, 0.15) is 15.9 Å². The molecule has 0 atom stereocenters. The molecule has 1 aromatic rings. The predicted octanol–water partition coefficient (Wildman–Crippen LogP) is -2.93. The van der Waals surface area contributed by atoms with Gasteiger partial charge in [-0.15, -0.1) is 0 Å². The number of benzene rings is 1. The van der Waals surface area contributed by atoms with Crippen molar-refractivity contribution in [3.05, 3.63) is 29.3 Å². The van der Waals surface area contributed by atoms with Gasteiger partial charge >= 0.3 is 51.4 Å². The Balaban J connectivity index is 0.00000121. The van der Waals surface area contributed by atoms with E-state index in [-0.39, 0.29) is 62.7 Å². The quantitative estimate of drug-likeness (QED) is 0.482. The normalized spacial score (nSPS) is 8.75. The van der Waals surface area contributed by atoms with Gasteiger partial charge in [0.05, 0.1) is 5.97 Å². The molecule has 0 aliphatic rings. The maximum absolute atomic E-state index is 10.3. The number of carbonyl (C=O) groups excluding carboxylic acids is 1. The third kappa shape index (κ3) is 2.88. The smallest absolute Gasteiger partial charge is 0.545 e. The molecule has 3 nitrogen and oxygen atoms in total. The van der Waals surface area contributed by atoms with Crippen molar-refractivity contribution in [2.45, 2.75) is 6.92 Å². The third-order valence-corrected chi connectivity index (χ3v) is 1.37. The maximum Gasteiger partial charge on any atom is 1.00 e. The van der Waals surface area contributed by atoms with Gasteiger partial charge < -0.3 is 15.0 Å². The number of phenols is 1. The van der Waals surface area contributed by atoms with E-state index in [1.807, 2.05) is 0 Å². The van der Waals surface area contributed by atoms with Crippen molar-refractivity contribution in [2.24, 2.45) is 0 Å². The molecule has 0 unspecified atom stereocenters. The summed E-state index contributed by atoms with van der Waals surface area (Å²) in [6.07, 6.45) is 0. The second-order valence-corrected chi connectivity index (χ2v) is 2.31. The molecular formula is C8H7KO3. The molecule has 0 bridgehead atoms. The summed E-state index contributed by atoms with van der Waals surface area (Å²) < 4.78 is 0. The summed E-state index contributed by atoms with van der Waals surface area (Å²) in [6, 6.07) is 4.30. The molecule has 0 aromatic heterocycles. The minimum absolute atomic E-state index is 0. The van der Waals surface area contributed by atoms with E-state index >= 15 is 0 Å². The van der Waals surface area contributed by atoms with E-state index in [1.54, 1.807) is 13.0 Å². The summed E-state index contributed by atoms with van der Waals surface area (Å²) in [5.74, 6) is -1.60. The van der Waals surface area contributed by atoms with Gasteiger partial charge in [-0.25, -0.2) is 0 Å². The Morgan fingerprint density at radius 3 is 2.50 bits per heavy atom. The summed E-state index contributed by atoms with van der Waals surface area (Å²) in [7, 11) is 0. The Morgan fingerprint density at radius 1 is 1.50 bits per heavy atom. The van der Waals surface area contributed by atoms with E-state index in [4.69, 9.17) is 5.11 Å². The van der Waals surface area contributed by atoms with E-state index in [0.29, 0.717) is 0 Å². The average molecular weight is 190 g/mol. The van der Waals surface area contributed by atoms with Crippen LogP contribution in [0, 0.1) is 6.92 Å². The standard InChI is InChI=1S/C8H8O3.K/c1-5-2-3-6(8(10)11)7(9)4-5;/h2-4,9H,1H3,(H,10,11);/q;+1/p-1. The van der Waals surface area contributed by atoms with Crippen LogP contribution in [0.3, 0.4) is 0 Å². The van der Waals surface area contributed by atoms with Gasteiger partial charge in [0.25, 0.3) is 0 Å². The summed E-state index contributed by atoms with van der Waals surface area (Å²) in [5.41, 5.74) is 0.642. The zero-order valence-electron chi connectivity index (χ0n) is 7.00. The molecule has 12 heavy (non-hydrogen) atoms. The SMILES string of the molecule is Cc1ccc(C(=O)[O-])c(O)c1.[K+]. The fourth-order valence-electron chi connectivity index (χ4n) is 0.814. The summed E-state index contributed by atoms with van der Waals surface area (Å²) in [6.45, 7) is 1.76. The Kier molecular flexibility index (Phi) is 5.04. The Labute approximate surface area is 113 Å². The molecule has 0 spiro atoms. The molecule has 58 valence electrons. The molecule has 0 heterocycles. The number of hydrogen-bond donors (Lipinski definition) is 1. The molecule has 0 saturated carbocycles. The van der Waals surface area contributed by atoms with Crippen LogP contribution in [-0.2, 0) is 0 Å². The first-order valence-corrected chi connectivity index (χ1v) is 3.12. The second-order valence-electron chi connectivity index (χ2n) is 2.31. The molecule has 1 N–H and O–H groups in total. The Hall–Kier alpha value is 0.126. The summed E-state index contributed by atoms with van der Waals surface area (Å²) in [4.78, 5) is 10.3. The van der Waals surface area contributed by atoms with E-state index < -0.39 is 5.97 Å². The van der Waals surface area contributed by atoms with Crippen molar-refractivity contribution in [1.82, 2.24) is 0 Å². The van der Waals surface area contributed by atoms with Crippen LogP contribution in [0.4, 0.5) is 0 Å². The fourth-order valence-corrected chi connectivity index (χ4v) is 0.814. The number of carboxylic acids is 1. The first-order chi connectivity index (χ1) is 5.11. The minimum atomic E-state index is -1.36. The van der Waals surface area contributed by atoms with Gasteiger partial charge in [-0.2, -0.15) is 0 Å². The first-order valence-electron chi connectivity index (χ1n) is 3.12. The first kappa shape index (κ1) is 12.1. The zero-order valence-corrected chi connectivity index (χ0v) is 10.1. The van der Waals surface area contributed by atoms with Crippen molar-refractivity contribution in [3.63, 3.8) is 0 Å². The van der Waals surface area contributed by atoms with Gasteiger partial charge in [0.1, 0.15) is 5.75 Å². The van der Waals surface area contributed by atoms with Gasteiger partial charge in [-0.1, -0.05) is 6.07 Å². The fraction of sp³-hybridized carbons (Fsp3) is 0.125. The molecule has 0 amide bonds. The number of rotatable bonds is 1.